The monoisotopic (exact) mass is 441 g/mol. The van der Waals surface area contributed by atoms with Gasteiger partial charge < -0.3 is 19.6 Å². The van der Waals surface area contributed by atoms with Crippen LogP contribution in [0, 0.1) is 0 Å². The number of carbonyl (C=O) groups excluding carboxylic acids is 2. The predicted molar refractivity (Wildman–Crippen MR) is 127 cm³/mol. The van der Waals surface area contributed by atoms with E-state index in [-0.39, 0.29) is 11.8 Å². The molecule has 2 N–H and O–H groups in total. The standard InChI is InChI=1S/C27H27N3O3/c1-28-26(31)19-10-8-18(9-11-19)16-30(17-21-5-4-14-33-21)27(32)20-12-13-25-23(15-20)22-6-2-3-7-24(22)29-25/h4-5,8-15,29H,2-3,6-7,16-17H2,1H3,(H,28,31). The summed E-state index contributed by atoms with van der Waals surface area (Å²) < 4.78 is 5.53. The van der Waals surface area contributed by atoms with Crippen molar-refractivity contribution in [2.24, 2.45) is 0 Å². The largest absolute Gasteiger partial charge is 0.467 e. The van der Waals surface area contributed by atoms with Gasteiger partial charge in [-0.2, -0.15) is 0 Å². The number of fused-ring (bicyclic) bond motifs is 3. The molecule has 0 atom stereocenters. The molecule has 5 rings (SSSR count). The molecule has 168 valence electrons. The zero-order chi connectivity index (χ0) is 22.8. The van der Waals surface area contributed by atoms with Crippen LogP contribution in [-0.2, 0) is 25.9 Å². The van der Waals surface area contributed by atoms with Gasteiger partial charge in [-0.15, -0.1) is 0 Å². The minimum Gasteiger partial charge on any atom is -0.467 e. The van der Waals surface area contributed by atoms with Gasteiger partial charge in [0.05, 0.1) is 12.8 Å². The van der Waals surface area contributed by atoms with Crippen LogP contribution in [0.3, 0.4) is 0 Å². The van der Waals surface area contributed by atoms with Gasteiger partial charge in [-0.05, 0) is 79.3 Å². The number of benzene rings is 2. The Bertz CT molecular complexity index is 1290. The molecule has 0 aliphatic heterocycles. The zero-order valence-electron chi connectivity index (χ0n) is 18.7. The Hall–Kier alpha value is -3.80. The fraction of sp³-hybridized carbons (Fsp3) is 0.259. The summed E-state index contributed by atoms with van der Waals surface area (Å²) in [5.41, 5.74) is 5.97. The lowest BCUT2D eigenvalue weighted by Crippen LogP contribution is -2.30. The van der Waals surface area contributed by atoms with Crippen LogP contribution in [0.25, 0.3) is 10.9 Å². The molecule has 0 saturated heterocycles. The summed E-state index contributed by atoms with van der Waals surface area (Å²) in [6.07, 6.45) is 6.15. The van der Waals surface area contributed by atoms with E-state index in [0.29, 0.717) is 24.2 Å². The number of hydrogen-bond donors (Lipinski definition) is 2. The highest BCUT2D eigenvalue weighted by molar-refractivity contribution is 5.99. The van der Waals surface area contributed by atoms with Gasteiger partial charge in [-0.1, -0.05) is 12.1 Å². The number of furan rings is 1. The lowest BCUT2D eigenvalue weighted by Gasteiger charge is -2.22. The van der Waals surface area contributed by atoms with Crippen molar-refractivity contribution in [2.75, 3.05) is 7.05 Å². The summed E-state index contributed by atoms with van der Waals surface area (Å²) >= 11 is 0. The molecule has 6 nitrogen and oxygen atoms in total. The normalized spacial score (nSPS) is 13.0. The minimum atomic E-state index is -0.131. The molecule has 33 heavy (non-hydrogen) atoms. The number of aromatic amines is 1. The highest BCUT2D eigenvalue weighted by Gasteiger charge is 2.21. The van der Waals surface area contributed by atoms with E-state index in [9.17, 15) is 9.59 Å². The van der Waals surface area contributed by atoms with Crippen LogP contribution in [0.2, 0.25) is 0 Å². The van der Waals surface area contributed by atoms with E-state index in [1.807, 2.05) is 42.5 Å². The predicted octanol–water partition coefficient (Wildman–Crippen LogP) is 4.84. The van der Waals surface area contributed by atoms with Crippen LogP contribution in [0.4, 0.5) is 0 Å². The number of nitrogens with one attached hydrogen (secondary N) is 2. The average molecular weight is 442 g/mol. The van der Waals surface area contributed by atoms with Crippen LogP contribution in [0.15, 0.2) is 65.3 Å². The van der Waals surface area contributed by atoms with Gasteiger partial charge >= 0.3 is 0 Å². The maximum Gasteiger partial charge on any atom is 0.254 e. The maximum atomic E-state index is 13.6. The lowest BCUT2D eigenvalue weighted by atomic mass is 9.95. The third-order valence-electron chi connectivity index (χ3n) is 6.38. The Morgan fingerprint density at radius 1 is 1.00 bits per heavy atom. The molecule has 0 saturated carbocycles. The van der Waals surface area contributed by atoms with Gasteiger partial charge in [-0.3, -0.25) is 9.59 Å². The van der Waals surface area contributed by atoms with Crippen LogP contribution in [0.1, 0.15) is 56.1 Å². The summed E-state index contributed by atoms with van der Waals surface area (Å²) in [5.74, 6) is 0.549. The van der Waals surface area contributed by atoms with Crippen molar-refractivity contribution in [1.29, 1.82) is 0 Å². The van der Waals surface area contributed by atoms with Gasteiger partial charge in [-0.25, -0.2) is 0 Å². The highest BCUT2D eigenvalue weighted by Crippen LogP contribution is 2.30. The number of hydrogen-bond acceptors (Lipinski definition) is 3. The Labute approximate surface area is 192 Å². The summed E-state index contributed by atoms with van der Waals surface area (Å²) in [5, 5.41) is 3.78. The van der Waals surface area contributed by atoms with E-state index in [1.165, 1.54) is 24.1 Å². The van der Waals surface area contributed by atoms with E-state index in [2.05, 4.69) is 10.3 Å². The van der Waals surface area contributed by atoms with Crippen LogP contribution < -0.4 is 5.32 Å². The van der Waals surface area contributed by atoms with E-state index in [4.69, 9.17) is 4.42 Å². The van der Waals surface area contributed by atoms with E-state index in [1.54, 1.807) is 30.3 Å². The van der Waals surface area contributed by atoms with Crippen molar-refractivity contribution in [3.8, 4) is 0 Å². The van der Waals surface area contributed by atoms with E-state index < -0.39 is 0 Å². The van der Waals surface area contributed by atoms with Gasteiger partial charge in [0.1, 0.15) is 5.76 Å². The lowest BCUT2D eigenvalue weighted by molar-refractivity contribution is 0.0717. The number of amides is 2. The van der Waals surface area contributed by atoms with Gasteiger partial charge in [0.2, 0.25) is 0 Å². The third kappa shape index (κ3) is 4.29. The number of aromatic nitrogens is 1. The topological polar surface area (TPSA) is 78.3 Å². The molecule has 0 spiro atoms. The second-order valence-electron chi connectivity index (χ2n) is 8.57. The quantitative estimate of drug-likeness (QED) is 0.449. The van der Waals surface area contributed by atoms with Gasteiger partial charge in [0.25, 0.3) is 11.8 Å². The highest BCUT2D eigenvalue weighted by atomic mass is 16.3. The molecular weight excluding hydrogens is 414 g/mol. The fourth-order valence-corrected chi connectivity index (χ4v) is 4.64. The average Bonchev–Trinajstić information content (AvgIpc) is 3.50. The molecule has 0 radical (unpaired) electrons. The fourth-order valence-electron chi connectivity index (χ4n) is 4.64. The van der Waals surface area contributed by atoms with Crippen molar-refractivity contribution in [1.82, 2.24) is 15.2 Å². The molecule has 4 aromatic rings. The molecule has 0 bridgehead atoms. The molecule has 0 fully saturated rings. The minimum absolute atomic E-state index is 0.0468. The molecular formula is C27H27N3O3. The van der Waals surface area contributed by atoms with Crippen molar-refractivity contribution < 1.29 is 14.0 Å². The molecule has 2 amide bonds. The Balaban J connectivity index is 1.44. The van der Waals surface area contributed by atoms with Crippen LogP contribution in [0.5, 0.6) is 0 Å². The second kappa shape index (κ2) is 8.98. The Morgan fingerprint density at radius 2 is 1.79 bits per heavy atom. The summed E-state index contributed by atoms with van der Waals surface area (Å²) in [6.45, 7) is 0.781. The number of aryl methyl sites for hydroxylation is 2. The SMILES string of the molecule is CNC(=O)c1ccc(CN(Cc2ccco2)C(=O)c2ccc3[nH]c4c(c3c2)CCCC4)cc1. The molecule has 2 aromatic heterocycles. The second-order valence-corrected chi connectivity index (χ2v) is 8.57. The van der Waals surface area contributed by atoms with Crippen molar-refractivity contribution in [2.45, 2.75) is 38.8 Å². The van der Waals surface area contributed by atoms with Crippen molar-refractivity contribution in [3.63, 3.8) is 0 Å². The number of H-pyrrole nitrogens is 1. The number of nitrogens with zero attached hydrogens (tertiary/aromatic N) is 1. The first-order valence-corrected chi connectivity index (χ1v) is 11.4. The van der Waals surface area contributed by atoms with Gasteiger partial charge in [0.15, 0.2) is 0 Å². The first-order chi connectivity index (χ1) is 16.1. The molecule has 1 aliphatic carbocycles. The first kappa shape index (κ1) is 21.1. The van der Waals surface area contributed by atoms with Crippen LogP contribution in [-0.4, -0.2) is 28.7 Å². The summed E-state index contributed by atoms with van der Waals surface area (Å²) in [7, 11) is 1.61. The van der Waals surface area contributed by atoms with Crippen molar-refractivity contribution >= 4 is 22.7 Å². The number of rotatable bonds is 6. The maximum absolute atomic E-state index is 13.6. The molecule has 2 aromatic carbocycles. The molecule has 0 unspecified atom stereocenters. The van der Waals surface area contributed by atoms with E-state index in [0.717, 1.165) is 35.1 Å². The Kier molecular flexibility index (Phi) is 5.73. The molecule has 2 heterocycles. The van der Waals surface area contributed by atoms with E-state index >= 15 is 0 Å². The summed E-state index contributed by atoms with van der Waals surface area (Å²) in [4.78, 5) is 30.8. The Morgan fingerprint density at radius 3 is 2.55 bits per heavy atom. The number of carbonyl (C=O) groups is 2. The molecule has 1 aliphatic rings. The first-order valence-electron chi connectivity index (χ1n) is 11.4. The van der Waals surface area contributed by atoms with Crippen molar-refractivity contribution in [3.05, 3.63) is 94.6 Å². The van der Waals surface area contributed by atoms with Crippen LogP contribution >= 0.6 is 0 Å². The molecule has 6 heteroatoms. The third-order valence-corrected chi connectivity index (χ3v) is 6.38. The summed E-state index contributed by atoms with van der Waals surface area (Å²) in [6, 6.07) is 17.0. The smallest absolute Gasteiger partial charge is 0.254 e. The van der Waals surface area contributed by atoms with Gasteiger partial charge in [0, 0.05) is 41.3 Å². The zero-order valence-corrected chi connectivity index (χ0v) is 18.7.